The number of esters is 2. The van der Waals surface area contributed by atoms with Gasteiger partial charge in [-0.05, 0) is 44.8 Å². The number of hydrogen-bond donors (Lipinski definition) is 3. The molecule has 228 valence electrons. The molecule has 0 saturated carbocycles. The molecule has 2 aliphatic rings. The van der Waals surface area contributed by atoms with Gasteiger partial charge in [0.15, 0.2) is 0 Å². The van der Waals surface area contributed by atoms with E-state index in [0.29, 0.717) is 0 Å². The lowest BCUT2D eigenvalue weighted by atomic mass is 9.88. The van der Waals surface area contributed by atoms with E-state index in [1.165, 1.54) is 6.92 Å². The van der Waals surface area contributed by atoms with Gasteiger partial charge < -0.3 is 34.3 Å². The Morgan fingerprint density at radius 1 is 1.25 bits per heavy atom. The molecule has 3 N–H and O–H groups in total. The quantitative estimate of drug-likeness (QED) is 0.157. The van der Waals surface area contributed by atoms with Crippen LogP contribution in [-0.2, 0) is 28.5 Å². The Morgan fingerprint density at radius 3 is 2.52 bits per heavy atom. The van der Waals surface area contributed by atoms with Crippen LogP contribution < -0.4 is 0 Å². The first-order chi connectivity index (χ1) is 18.7. The van der Waals surface area contributed by atoms with Crippen molar-refractivity contribution >= 4 is 11.9 Å². The molecule has 40 heavy (non-hydrogen) atoms. The maximum atomic E-state index is 12.6. The van der Waals surface area contributed by atoms with Crippen LogP contribution in [0, 0.1) is 17.8 Å². The van der Waals surface area contributed by atoms with Crippen LogP contribution in [0.1, 0.15) is 74.1 Å². The van der Waals surface area contributed by atoms with E-state index in [0.717, 1.165) is 12.0 Å². The van der Waals surface area contributed by atoms with Crippen LogP contribution in [0.3, 0.4) is 0 Å². The predicted octanol–water partition coefficient (Wildman–Crippen LogP) is 3.65. The summed E-state index contributed by atoms with van der Waals surface area (Å²) in [5.74, 6) is -1.39. The van der Waals surface area contributed by atoms with E-state index in [1.807, 2.05) is 39.0 Å². The van der Waals surface area contributed by atoms with Gasteiger partial charge in [-0.15, -0.1) is 0 Å². The lowest BCUT2D eigenvalue weighted by molar-refractivity contribution is -0.157. The fourth-order valence-corrected chi connectivity index (χ4v) is 5.32. The second-order valence-corrected chi connectivity index (χ2v) is 11.7. The third kappa shape index (κ3) is 9.80. The molecule has 9 nitrogen and oxygen atoms in total. The van der Waals surface area contributed by atoms with Gasteiger partial charge in [-0.3, -0.25) is 9.59 Å². The number of carbonyl (C=O) groups excluding carboxylic acids is 2. The van der Waals surface area contributed by atoms with Crippen LogP contribution in [0.15, 0.2) is 36.0 Å². The number of aliphatic hydroxyl groups is 3. The predicted molar refractivity (Wildman–Crippen MR) is 151 cm³/mol. The molecule has 0 aromatic rings. The normalized spacial score (nSPS) is 36.0. The van der Waals surface area contributed by atoms with Crippen molar-refractivity contribution in [1.29, 1.82) is 0 Å². The zero-order valence-corrected chi connectivity index (χ0v) is 25.3. The van der Waals surface area contributed by atoms with Crippen molar-refractivity contribution in [3.63, 3.8) is 0 Å². The Bertz CT molecular complexity index is 920. The Morgan fingerprint density at radius 2 is 1.93 bits per heavy atom. The molecule has 1 fully saturated rings. The largest absolute Gasteiger partial charge is 0.457 e. The van der Waals surface area contributed by atoms with Gasteiger partial charge in [-0.2, -0.15) is 0 Å². The van der Waals surface area contributed by atoms with Crippen molar-refractivity contribution in [3.8, 4) is 0 Å². The van der Waals surface area contributed by atoms with Crippen molar-refractivity contribution in [2.45, 2.75) is 122 Å². The van der Waals surface area contributed by atoms with Crippen LogP contribution in [-0.4, -0.2) is 82.7 Å². The number of rotatable bonds is 10. The molecule has 1 saturated heterocycles. The number of cyclic esters (lactones) is 1. The first-order valence-corrected chi connectivity index (χ1v) is 14.4. The molecule has 0 amide bonds. The highest BCUT2D eigenvalue weighted by Crippen LogP contribution is 2.37. The molecule has 0 radical (unpaired) electrons. The van der Waals surface area contributed by atoms with E-state index in [4.69, 9.17) is 18.9 Å². The molecule has 0 aromatic heterocycles. The van der Waals surface area contributed by atoms with Gasteiger partial charge in [0.1, 0.15) is 23.9 Å². The molecule has 9 heteroatoms. The molecule has 9 unspecified atom stereocenters. The van der Waals surface area contributed by atoms with Crippen molar-refractivity contribution < 1.29 is 43.9 Å². The van der Waals surface area contributed by atoms with E-state index < -0.39 is 42.0 Å². The van der Waals surface area contributed by atoms with Crippen LogP contribution in [0.4, 0.5) is 0 Å². The molecule has 0 aliphatic carbocycles. The summed E-state index contributed by atoms with van der Waals surface area (Å²) in [5, 5.41) is 32.2. The van der Waals surface area contributed by atoms with E-state index in [-0.39, 0.29) is 55.3 Å². The standard InChI is InChI=1S/C31H50O9/c1-9-24(37-8)21(5)29-30(40-29)27(35)18(2)11-10-12-19(3)28-20(4)13-14-25(38-22(6)32)31(7,36)16-15-23(33)17-26(34)39-28/h10-14,18,20-21,23-25,27-30,33,35-36H,9,15-17H2,1-8H3/b11-10+,14-13+,19-12+/t18?,20?,21?,23?,24?,25-,27?,28?,29?,30?,31-/m1/s1. The summed E-state index contributed by atoms with van der Waals surface area (Å²) in [7, 11) is 1.69. The van der Waals surface area contributed by atoms with Crippen LogP contribution in [0.5, 0.6) is 0 Å². The zero-order valence-electron chi connectivity index (χ0n) is 25.3. The number of carbonyl (C=O) groups is 2. The van der Waals surface area contributed by atoms with Crippen molar-refractivity contribution in [2.24, 2.45) is 17.8 Å². The van der Waals surface area contributed by atoms with E-state index in [1.54, 1.807) is 26.2 Å². The lowest BCUT2D eigenvalue weighted by Crippen LogP contribution is -2.42. The summed E-state index contributed by atoms with van der Waals surface area (Å²) < 4.78 is 22.5. The first kappa shape index (κ1) is 34.2. The smallest absolute Gasteiger partial charge is 0.309 e. The number of ether oxygens (including phenoxy) is 4. The van der Waals surface area contributed by atoms with E-state index >= 15 is 0 Å². The van der Waals surface area contributed by atoms with Crippen LogP contribution in [0.25, 0.3) is 0 Å². The average Bonchev–Trinajstić information content (AvgIpc) is 3.68. The third-order valence-electron chi connectivity index (χ3n) is 8.09. The minimum Gasteiger partial charge on any atom is -0.457 e. The Balaban J connectivity index is 2.16. The van der Waals surface area contributed by atoms with Gasteiger partial charge in [-0.1, -0.05) is 52.0 Å². The summed E-state index contributed by atoms with van der Waals surface area (Å²) in [6, 6.07) is 0. The number of hydrogen-bond acceptors (Lipinski definition) is 9. The van der Waals surface area contributed by atoms with Gasteiger partial charge in [0.2, 0.25) is 0 Å². The number of allylic oxidation sites excluding steroid dienone is 2. The molecule has 2 rings (SSSR count). The molecular formula is C31H50O9. The highest BCUT2D eigenvalue weighted by atomic mass is 16.6. The highest BCUT2D eigenvalue weighted by Gasteiger charge is 2.50. The number of aliphatic hydroxyl groups excluding tert-OH is 2. The Kier molecular flexibility index (Phi) is 13.0. The molecule has 0 bridgehead atoms. The molecule has 11 atom stereocenters. The minimum absolute atomic E-state index is 0.0387. The van der Waals surface area contributed by atoms with Gasteiger partial charge in [0.25, 0.3) is 0 Å². The highest BCUT2D eigenvalue weighted by molar-refractivity contribution is 5.70. The van der Waals surface area contributed by atoms with Crippen molar-refractivity contribution in [2.75, 3.05) is 7.11 Å². The minimum atomic E-state index is -1.42. The summed E-state index contributed by atoms with van der Waals surface area (Å²) in [4.78, 5) is 24.3. The van der Waals surface area contributed by atoms with Gasteiger partial charge >= 0.3 is 11.9 Å². The maximum absolute atomic E-state index is 12.6. The van der Waals surface area contributed by atoms with E-state index in [2.05, 4.69) is 13.8 Å². The Labute approximate surface area is 239 Å². The zero-order chi connectivity index (χ0) is 30.2. The summed E-state index contributed by atoms with van der Waals surface area (Å²) >= 11 is 0. The van der Waals surface area contributed by atoms with Crippen LogP contribution in [0.2, 0.25) is 0 Å². The SMILES string of the molecule is CCC(OC)C(C)C1OC1C(O)C(C)/C=C/C=C(\C)C1OC(=O)CC(O)CC[C@@](C)(O)[C@H](OC(C)=O)/C=C/C1C. The second kappa shape index (κ2) is 15.3. The van der Waals surface area contributed by atoms with Crippen molar-refractivity contribution in [1.82, 2.24) is 0 Å². The summed E-state index contributed by atoms with van der Waals surface area (Å²) in [5.41, 5.74) is -0.666. The van der Waals surface area contributed by atoms with Crippen LogP contribution >= 0.6 is 0 Å². The van der Waals surface area contributed by atoms with Gasteiger partial charge in [0.05, 0.1) is 30.8 Å². The van der Waals surface area contributed by atoms with Crippen molar-refractivity contribution in [3.05, 3.63) is 36.0 Å². The Hall–Kier alpha value is -2.04. The fraction of sp³-hybridized carbons (Fsp3) is 0.742. The molecule has 0 spiro atoms. The monoisotopic (exact) mass is 566 g/mol. The van der Waals surface area contributed by atoms with Gasteiger partial charge in [0, 0.05) is 31.8 Å². The second-order valence-electron chi connectivity index (χ2n) is 11.7. The third-order valence-corrected chi connectivity index (χ3v) is 8.09. The molecule has 2 heterocycles. The topological polar surface area (TPSA) is 135 Å². The van der Waals surface area contributed by atoms with E-state index in [9.17, 15) is 24.9 Å². The molecular weight excluding hydrogens is 516 g/mol. The molecule has 2 aliphatic heterocycles. The lowest BCUT2D eigenvalue weighted by Gasteiger charge is -2.32. The van der Waals surface area contributed by atoms with Gasteiger partial charge in [-0.25, -0.2) is 0 Å². The fourth-order valence-electron chi connectivity index (χ4n) is 5.32. The summed E-state index contributed by atoms with van der Waals surface area (Å²) in [6.07, 6.45) is 6.42. The first-order valence-electron chi connectivity index (χ1n) is 14.4. The molecule has 0 aromatic carbocycles. The summed E-state index contributed by atoms with van der Waals surface area (Å²) in [6.45, 7) is 12.6. The maximum Gasteiger partial charge on any atom is 0.309 e. The average molecular weight is 567 g/mol. The number of epoxide rings is 1. The number of methoxy groups -OCH3 is 1.